The van der Waals surface area contributed by atoms with Crippen molar-refractivity contribution < 1.29 is 19.0 Å². The summed E-state index contributed by atoms with van der Waals surface area (Å²) in [5, 5.41) is 1.99. The molecule has 20 heavy (non-hydrogen) atoms. The van der Waals surface area contributed by atoms with Crippen molar-refractivity contribution >= 4 is 17.5 Å². The number of rotatable bonds is 8. The first kappa shape index (κ1) is 16.6. The van der Waals surface area contributed by atoms with Crippen molar-refractivity contribution in [1.29, 1.82) is 0 Å². The summed E-state index contributed by atoms with van der Waals surface area (Å²) < 4.78 is 15.2. The van der Waals surface area contributed by atoms with Gasteiger partial charge in [-0.15, -0.1) is 11.6 Å². The molecule has 5 nitrogen and oxygen atoms in total. The number of halogens is 1. The van der Waals surface area contributed by atoms with Crippen molar-refractivity contribution in [3.05, 3.63) is 23.8 Å². The van der Waals surface area contributed by atoms with Crippen LogP contribution in [0.15, 0.2) is 18.2 Å². The van der Waals surface area contributed by atoms with Crippen LogP contribution in [0.3, 0.4) is 0 Å². The Morgan fingerprint density at radius 2 is 1.95 bits per heavy atom. The predicted molar refractivity (Wildman–Crippen MR) is 77.6 cm³/mol. The van der Waals surface area contributed by atoms with E-state index in [1.165, 1.54) is 7.11 Å². The van der Waals surface area contributed by atoms with E-state index in [0.29, 0.717) is 30.2 Å². The van der Waals surface area contributed by atoms with Crippen molar-refractivity contribution in [2.24, 2.45) is 0 Å². The standard InChI is InChI=1S/C14H20ClNO4/c1-18-8-4-7-16-14(17)13(15)10-5-6-11(19-2)12(9-10)20-3/h5-6,9,13H,4,7-8H2,1-3H3,(H,16,17). The van der Waals surface area contributed by atoms with Crippen LogP contribution >= 0.6 is 11.6 Å². The third-order valence-electron chi connectivity index (χ3n) is 2.75. The molecule has 0 saturated heterocycles. The van der Waals surface area contributed by atoms with E-state index < -0.39 is 5.38 Å². The zero-order valence-electron chi connectivity index (χ0n) is 11.9. The van der Waals surface area contributed by atoms with Gasteiger partial charge in [0, 0.05) is 20.3 Å². The van der Waals surface area contributed by atoms with E-state index in [-0.39, 0.29) is 5.91 Å². The second-order valence-electron chi connectivity index (χ2n) is 4.11. The summed E-state index contributed by atoms with van der Waals surface area (Å²) in [6, 6.07) is 5.17. The van der Waals surface area contributed by atoms with Gasteiger partial charge in [0.1, 0.15) is 5.38 Å². The molecule has 1 unspecified atom stereocenters. The van der Waals surface area contributed by atoms with Gasteiger partial charge in [0.2, 0.25) is 5.91 Å². The van der Waals surface area contributed by atoms with Gasteiger partial charge in [-0.1, -0.05) is 6.07 Å². The Morgan fingerprint density at radius 3 is 2.55 bits per heavy atom. The van der Waals surface area contributed by atoms with Crippen LogP contribution in [-0.4, -0.2) is 40.4 Å². The van der Waals surface area contributed by atoms with Gasteiger partial charge < -0.3 is 19.5 Å². The van der Waals surface area contributed by atoms with E-state index in [2.05, 4.69) is 5.32 Å². The van der Waals surface area contributed by atoms with Crippen LogP contribution in [0.5, 0.6) is 11.5 Å². The molecule has 0 aromatic heterocycles. The molecule has 0 radical (unpaired) electrons. The average molecular weight is 302 g/mol. The molecule has 1 amide bonds. The lowest BCUT2D eigenvalue weighted by atomic mass is 10.1. The van der Waals surface area contributed by atoms with Crippen LogP contribution in [0, 0.1) is 0 Å². The van der Waals surface area contributed by atoms with Gasteiger partial charge >= 0.3 is 0 Å². The zero-order chi connectivity index (χ0) is 15.0. The molecule has 0 saturated carbocycles. The summed E-state index contributed by atoms with van der Waals surface area (Å²) in [6.45, 7) is 1.13. The molecule has 1 N–H and O–H groups in total. The van der Waals surface area contributed by atoms with E-state index in [1.807, 2.05) is 0 Å². The number of ether oxygens (including phenoxy) is 3. The molecule has 0 aliphatic carbocycles. The minimum Gasteiger partial charge on any atom is -0.493 e. The Labute approximate surface area is 124 Å². The quantitative estimate of drug-likeness (QED) is 0.590. The minimum absolute atomic E-state index is 0.241. The molecule has 112 valence electrons. The van der Waals surface area contributed by atoms with Crippen molar-refractivity contribution in [2.45, 2.75) is 11.8 Å². The first-order chi connectivity index (χ1) is 9.63. The van der Waals surface area contributed by atoms with Gasteiger partial charge in [-0.25, -0.2) is 0 Å². The summed E-state index contributed by atoms with van der Waals surface area (Å²) in [5.74, 6) is 0.901. The Kier molecular flexibility index (Phi) is 7.18. The molecule has 1 atom stereocenters. The fourth-order valence-corrected chi connectivity index (χ4v) is 1.89. The molecule has 6 heteroatoms. The molecule has 0 aliphatic heterocycles. The van der Waals surface area contributed by atoms with Crippen LogP contribution in [0.4, 0.5) is 0 Å². The molecule has 0 aliphatic rings. The van der Waals surface area contributed by atoms with Crippen molar-refractivity contribution in [3.63, 3.8) is 0 Å². The molecule has 1 rings (SSSR count). The van der Waals surface area contributed by atoms with Gasteiger partial charge in [-0.05, 0) is 24.1 Å². The van der Waals surface area contributed by atoms with Gasteiger partial charge in [-0.3, -0.25) is 4.79 Å². The fraction of sp³-hybridized carbons (Fsp3) is 0.500. The average Bonchev–Trinajstić information content (AvgIpc) is 2.49. The molecule has 1 aromatic carbocycles. The van der Waals surface area contributed by atoms with Gasteiger partial charge in [0.25, 0.3) is 0 Å². The van der Waals surface area contributed by atoms with E-state index in [4.69, 9.17) is 25.8 Å². The van der Waals surface area contributed by atoms with Gasteiger partial charge in [0.15, 0.2) is 11.5 Å². The largest absolute Gasteiger partial charge is 0.493 e. The highest BCUT2D eigenvalue weighted by Gasteiger charge is 2.19. The maximum absolute atomic E-state index is 11.9. The number of carbonyl (C=O) groups is 1. The van der Waals surface area contributed by atoms with Crippen LogP contribution < -0.4 is 14.8 Å². The zero-order valence-corrected chi connectivity index (χ0v) is 12.7. The van der Waals surface area contributed by atoms with E-state index in [0.717, 1.165) is 6.42 Å². The number of nitrogens with one attached hydrogen (secondary N) is 1. The summed E-state index contributed by atoms with van der Waals surface area (Å²) in [4.78, 5) is 11.9. The van der Waals surface area contributed by atoms with Gasteiger partial charge in [-0.2, -0.15) is 0 Å². The van der Waals surface area contributed by atoms with E-state index in [9.17, 15) is 4.79 Å². The lowest BCUT2D eigenvalue weighted by Crippen LogP contribution is -2.28. The summed E-state index contributed by atoms with van der Waals surface area (Å²) in [6.07, 6.45) is 0.748. The number of alkyl halides is 1. The number of methoxy groups -OCH3 is 3. The fourth-order valence-electron chi connectivity index (χ4n) is 1.68. The lowest BCUT2D eigenvalue weighted by molar-refractivity contribution is -0.120. The van der Waals surface area contributed by atoms with Crippen molar-refractivity contribution in [2.75, 3.05) is 34.5 Å². The Bertz CT molecular complexity index is 439. The molecular formula is C14H20ClNO4. The number of benzene rings is 1. The summed E-state index contributed by atoms with van der Waals surface area (Å²) >= 11 is 6.15. The normalized spacial score (nSPS) is 11.8. The highest BCUT2D eigenvalue weighted by molar-refractivity contribution is 6.30. The van der Waals surface area contributed by atoms with E-state index >= 15 is 0 Å². The molecule has 0 heterocycles. The number of amides is 1. The first-order valence-electron chi connectivity index (χ1n) is 6.26. The molecule has 0 spiro atoms. The smallest absolute Gasteiger partial charge is 0.242 e. The third kappa shape index (κ3) is 4.58. The molecular weight excluding hydrogens is 282 g/mol. The lowest BCUT2D eigenvalue weighted by Gasteiger charge is -2.13. The predicted octanol–water partition coefficient (Wildman–Crippen LogP) is 2.14. The highest BCUT2D eigenvalue weighted by Crippen LogP contribution is 2.32. The molecule has 0 fully saturated rings. The van der Waals surface area contributed by atoms with Crippen molar-refractivity contribution in [3.8, 4) is 11.5 Å². The number of hydrogen-bond acceptors (Lipinski definition) is 4. The second-order valence-corrected chi connectivity index (χ2v) is 4.55. The topological polar surface area (TPSA) is 56.8 Å². The maximum Gasteiger partial charge on any atom is 0.242 e. The van der Waals surface area contributed by atoms with Crippen LogP contribution in [0.1, 0.15) is 17.4 Å². The monoisotopic (exact) mass is 301 g/mol. The van der Waals surface area contributed by atoms with Crippen molar-refractivity contribution in [1.82, 2.24) is 5.32 Å². The summed E-state index contributed by atoms with van der Waals surface area (Å²) in [5.41, 5.74) is 0.661. The second kappa shape index (κ2) is 8.66. The molecule has 0 bridgehead atoms. The van der Waals surface area contributed by atoms with Crippen LogP contribution in [-0.2, 0) is 9.53 Å². The molecule has 1 aromatic rings. The Morgan fingerprint density at radius 1 is 1.25 bits per heavy atom. The Balaban J connectivity index is 2.66. The van der Waals surface area contributed by atoms with Crippen LogP contribution in [0.2, 0.25) is 0 Å². The first-order valence-corrected chi connectivity index (χ1v) is 6.70. The van der Waals surface area contributed by atoms with Crippen LogP contribution in [0.25, 0.3) is 0 Å². The number of hydrogen-bond donors (Lipinski definition) is 1. The SMILES string of the molecule is COCCCNC(=O)C(Cl)c1ccc(OC)c(OC)c1. The van der Waals surface area contributed by atoms with Gasteiger partial charge in [0.05, 0.1) is 14.2 Å². The minimum atomic E-state index is -0.766. The third-order valence-corrected chi connectivity index (χ3v) is 3.21. The maximum atomic E-state index is 11.9. The number of carbonyl (C=O) groups excluding carboxylic acids is 1. The summed E-state index contributed by atoms with van der Waals surface area (Å²) in [7, 11) is 4.71. The van der Waals surface area contributed by atoms with E-state index in [1.54, 1.807) is 32.4 Å². The highest BCUT2D eigenvalue weighted by atomic mass is 35.5. The Hall–Kier alpha value is -1.46.